The van der Waals surface area contributed by atoms with E-state index in [0.29, 0.717) is 10.7 Å². The Balaban J connectivity index is 1.56. The number of hydrogen-bond donors (Lipinski definition) is 0. The molecule has 148 valence electrons. The van der Waals surface area contributed by atoms with Crippen LogP contribution >= 0.6 is 11.3 Å². The number of nitrogens with zero attached hydrogens (tertiary/aromatic N) is 3. The molecule has 2 aromatic heterocycles. The Morgan fingerprint density at radius 1 is 1.14 bits per heavy atom. The minimum atomic E-state index is -1.08. The second-order valence-corrected chi connectivity index (χ2v) is 7.84. The van der Waals surface area contributed by atoms with Crippen LogP contribution in [0.25, 0.3) is 4.96 Å². The van der Waals surface area contributed by atoms with E-state index < -0.39 is 23.8 Å². The molecule has 4 rings (SSSR count). The summed E-state index contributed by atoms with van der Waals surface area (Å²) in [5.74, 6) is -2.11. The maximum Gasteiger partial charge on any atom is 0.330 e. The normalized spacial score (nSPS) is 14.5. The van der Waals surface area contributed by atoms with Gasteiger partial charge in [0.05, 0.1) is 16.8 Å². The van der Waals surface area contributed by atoms with E-state index in [1.54, 1.807) is 49.7 Å². The van der Waals surface area contributed by atoms with Crippen LogP contribution in [-0.4, -0.2) is 38.1 Å². The Kier molecular flexibility index (Phi) is 4.75. The smallest absolute Gasteiger partial charge is 0.330 e. The summed E-state index contributed by atoms with van der Waals surface area (Å²) in [4.78, 5) is 56.1. The lowest BCUT2D eigenvalue weighted by Crippen LogP contribution is -2.48. The second-order valence-electron chi connectivity index (χ2n) is 6.96. The van der Waals surface area contributed by atoms with Crippen molar-refractivity contribution in [3.63, 3.8) is 0 Å². The van der Waals surface area contributed by atoms with Crippen LogP contribution in [0.4, 0.5) is 0 Å². The minimum Gasteiger partial charge on any atom is -0.458 e. The van der Waals surface area contributed by atoms with E-state index in [9.17, 15) is 19.2 Å². The lowest BCUT2D eigenvalue weighted by atomic mass is 10.0. The SMILES string of the molecule is CC(C)C(C(=O)OCc1cc(=O)n2ccsc2n1)N1C(=O)c2ccccc2C1=O. The van der Waals surface area contributed by atoms with Gasteiger partial charge in [0.25, 0.3) is 17.4 Å². The van der Waals surface area contributed by atoms with Crippen molar-refractivity contribution in [2.45, 2.75) is 26.5 Å². The van der Waals surface area contributed by atoms with Crippen molar-refractivity contribution in [1.29, 1.82) is 0 Å². The highest BCUT2D eigenvalue weighted by Crippen LogP contribution is 2.27. The number of benzene rings is 1. The first-order valence-electron chi connectivity index (χ1n) is 8.98. The zero-order valence-corrected chi connectivity index (χ0v) is 16.5. The van der Waals surface area contributed by atoms with Gasteiger partial charge in [-0.15, -0.1) is 11.3 Å². The highest BCUT2D eigenvalue weighted by Gasteiger charge is 2.44. The third-order valence-electron chi connectivity index (χ3n) is 4.70. The number of ether oxygens (including phenoxy) is 1. The Hall–Kier alpha value is -3.33. The van der Waals surface area contributed by atoms with Gasteiger partial charge in [-0.1, -0.05) is 26.0 Å². The molecule has 0 fully saturated rings. The first-order chi connectivity index (χ1) is 13.9. The number of fused-ring (bicyclic) bond motifs is 2. The molecule has 0 spiro atoms. The number of esters is 1. The van der Waals surface area contributed by atoms with E-state index in [0.717, 1.165) is 4.90 Å². The molecule has 8 nitrogen and oxygen atoms in total. The number of hydrogen-bond acceptors (Lipinski definition) is 7. The van der Waals surface area contributed by atoms with Crippen molar-refractivity contribution in [2.75, 3.05) is 0 Å². The summed E-state index contributed by atoms with van der Waals surface area (Å²) in [6.45, 7) is 3.24. The van der Waals surface area contributed by atoms with Gasteiger partial charge < -0.3 is 4.74 Å². The van der Waals surface area contributed by atoms with Crippen molar-refractivity contribution in [3.8, 4) is 0 Å². The maximum absolute atomic E-state index is 12.8. The summed E-state index contributed by atoms with van der Waals surface area (Å²) in [5, 5.41) is 1.73. The number of carbonyl (C=O) groups is 3. The zero-order valence-electron chi connectivity index (χ0n) is 15.7. The van der Waals surface area contributed by atoms with Gasteiger partial charge in [0.15, 0.2) is 4.96 Å². The summed E-state index contributed by atoms with van der Waals surface area (Å²) in [6.07, 6.45) is 1.61. The molecule has 29 heavy (non-hydrogen) atoms. The lowest BCUT2D eigenvalue weighted by Gasteiger charge is -2.27. The Bertz CT molecular complexity index is 1160. The molecule has 0 aliphatic carbocycles. The quantitative estimate of drug-likeness (QED) is 0.471. The molecule has 1 aliphatic rings. The molecule has 1 aromatic carbocycles. The predicted molar refractivity (Wildman–Crippen MR) is 105 cm³/mol. The fourth-order valence-electron chi connectivity index (χ4n) is 3.33. The molecule has 3 aromatic rings. The Morgan fingerprint density at radius 2 is 1.79 bits per heavy atom. The van der Waals surface area contributed by atoms with Crippen LogP contribution in [0.1, 0.15) is 40.3 Å². The summed E-state index contributed by atoms with van der Waals surface area (Å²) in [6, 6.07) is 6.67. The van der Waals surface area contributed by atoms with Crippen molar-refractivity contribution < 1.29 is 19.1 Å². The van der Waals surface area contributed by atoms with Crippen LogP contribution in [0.2, 0.25) is 0 Å². The van der Waals surface area contributed by atoms with Crippen molar-refractivity contribution in [3.05, 3.63) is 69.1 Å². The first kappa shape index (κ1) is 19.0. The molecule has 9 heteroatoms. The van der Waals surface area contributed by atoms with E-state index in [1.807, 2.05) is 0 Å². The number of carbonyl (C=O) groups excluding carboxylic acids is 3. The molecule has 3 heterocycles. The fourth-order valence-corrected chi connectivity index (χ4v) is 4.07. The minimum absolute atomic E-state index is 0.227. The molecule has 0 bridgehead atoms. The number of amides is 2. The van der Waals surface area contributed by atoms with Gasteiger partial charge in [-0.25, -0.2) is 9.78 Å². The number of rotatable bonds is 5. The van der Waals surface area contributed by atoms with Gasteiger partial charge in [0.2, 0.25) is 0 Å². The number of imide groups is 1. The van der Waals surface area contributed by atoms with E-state index in [2.05, 4.69) is 4.98 Å². The summed E-state index contributed by atoms with van der Waals surface area (Å²) in [5.41, 5.74) is 0.571. The van der Waals surface area contributed by atoms with E-state index >= 15 is 0 Å². The van der Waals surface area contributed by atoms with Gasteiger partial charge in [-0.3, -0.25) is 23.7 Å². The maximum atomic E-state index is 12.8. The number of aromatic nitrogens is 2. The van der Waals surface area contributed by atoms with Crippen LogP contribution in [0, 0.1) is 5.92 Å². The molecule has 0 saturated carbocycles. The topological polar surface area (TPSA) is 98.1 Å². The molecule has 1 aliphatic heterocycles. The third-order valence-corrected chi connectivity index (χ3v) is 5.45. The predicted octanol–water partition coefficient (Wildman–Crippen LogP) is 2.12. The molecule has 0 saturated heterocycles. The van der Waals surface area contributed by atoms with E-state index in [-0.39, 0.29) is 29.2 Å². The Labute approximate surface area is 169 Å². The van der Waals surface area contributed by atoms with Gasteiger partial charge in [0, 0.05) is 17.6 Å². The number of thiazole rings is 1. The molecule has 1 atom stereocenters. The van der Waals surface area contributed by atoms with Gasteiger partial charge >= 0.3 is 5.97 Å². The van der Waals surface area contributed by atoms with Crippen LogP contribution in [0.5, 0.6) is 0 Å². The highest BCUT2D eigenvalue weighted by atomic mass is 32.1. The molecule has 2 amide bonds. The molecular formula is C20H17N3O5S. The zero-order chi connectivity index (χ0) is 20.7. The van der Waals surface area contributed by atoms with Crippen molar-refractivity contribution in [2.24, 2.45) is 5.92 Å². The fraction of sp³-hybridized carbons (Fsp3) is 0.250. The standard InChI is InChI=1S/C20H17N3O5S/c1-11(2)16(23-17(25)13-5-3-4-6-14(13)18(23)26)19(27)28-10-12-9-15(24)22-7-8-29-20(22)21-12/h3-9,11,16H,10H2,1-2H3. The third kappa shape index (κ3) is 3.23. The monoisotopic (exact) mass is 411 g/mol. The molecule has 1 unspecified atom stereocenters. The van der Waals surface area contributed by atoms with Crippen LogP contribution < -0.4 is 5.56 Å². The van der Waals surface area contributed by atoms with E-state index in [1.165, 1.54) is 21.8 Å². The summed E-state index contributed by atoms with van der Waals surface area (Å²) >= 11 is 1.29. The van der Waals surface area contributed by atoms with Crippen LogP contribution in [0.3, 0.4) is 0 Å². The van der Waals surface area contributed by atoms with Crippen molar-refractivity contribution in [1.82, 2.24) is 14.3 Å². The molecule has 0 radical (unpaired) electrons. The van der Waals surface area contributed by atoms with Crippen LogP contribution in [0.15, 0.2) is 46.7 Å². The largest absolute Gasteiger partial charge is 0.458 e. The molecular weight excluding hydrogens is 394 g/mol. The molecule has 0 N–H and O–H groups in total. The van der Waals surface area contributed by atoms with Gasteiger partial charge in [-0.05, 0) is 18.1 Å². The van der Waals surface area contributed by atoms with E-state index in [4.69, 9.17) is 4.74 Å². The Morgan fingerprint density at radius 3 is 2.41 bits per heavy atom. The highest BCUT2D eigenvalue weighted by molar-refractivity contribution is 7.15. The van der Waals surface area contributed by atoms with Gasteiger partial charge in [-0.2, -0.15) is 0 Å². The van der Waals surface area contributed by atoms with Crippen molar-refractivity contribution >= 4 is 34.1 Å². The van der Waals surface area contributed by atoms with Gasteiger partial charge in [0.1, 0.15) is 12.6 Å². The summed E-state index contributed by atoms with van der Waals surface area (Å²) in [7, 11) is 0. The first-order valence-corrected chi connectivity index (χ1v) is 9.86. The second kappa shape index (κ2) is 7.25. The van der Waals surface area contributed by atoms with Crippen LogP contribution in [-0.2, 0) is 16.1 Å². The average molecular weight is 411 g/mol. The lowest BCUT2D eigenvalue weighted by molar-refractivity contribution is -0.151. The average Bonchev–Trinajstić information content (AvgIpc) is 3.26. The summed E-state index contributed by atoms with van der Waals surface area (Å²) < 4.78 is 6.74.